The van der Waals surface area contributed by atoms with E-state index in [2.05, 4.69) is 0 Å². The van der Waals surface area contributed by atoms with Crippen molar-refractivity contribution in [3.05, 3.63) is 35.9 Å². The van der Waals surface area contributed by atoms with Gasteiger partial charge < -0.3 is 14.9 Å². The lowest BCUT2D eigenvalue weighted by Crippen LogP contribution is -2.47. The molecule has 2 rings (SSSR count). The Bertz CT molecular complexity index is 313. The molecular formula is C12H16O4. The lowest BCUT2D eigenvalue weighted by Gasteiger charge is -2.37. The van der Waals surface area contributed by atoms with Crippen molar-refractivity contribution in [1.82, 2.24) is 0 Å². The summed E-state index contributed by atoms with van der Waals surface area (Å²) in [5.41, 5.74) is 0.729. The Hall–Kier alpha value is -1.23. The van der Waals surface area contributed by atoms with E-state index >= 15 is 0 Å². The van der Waals surface area contributed by atoms with Crippen LogP contribution in [0.4, 0.5) is 0 Å². The molecule has 1 aromatic carbocycles. The maximum absolute atomic E-state index is 10.0. The molecule has 0 radical (unpaired) electrons. The third-order valence-electron chi connectivity index (χ3n) is 2.38. The molecule has 1 fully saturated rings. The molecule has 1 aliphatic carbocycles. The standard InChI is InChI=1S/C7H6O.C5H10O3/c8-6-7-4-2-1-3-5-7;1-8-4-2-5(6,7)3-4/h1-6H;4,6-7H,2-3H2,1H3. The number of aldehydes is 1. The van der Waals surface area contributed by atoms with Crippen LogP contribution in [-0.2, 0) is 4.74 Å². The molecule has 0 amide bonds. The van der Waals surface area contributed by atoms with Crippen LogP contribution >= 0.6 is 0 Å². The van der Waals surface area contributed by atoms with Crippen LogP contribution in [0.15, 0.2) is 30.3 Å². The van der Waals surface area contributed by atoms with Gasteiger partial charge in [0.25, 0.3) is 0 Å². The van der Waals surface area contributed by atoms with Crippen LogP contribution in [0.3, 0.4) is 0 Å². The molecule has 1 aliphatic rings. The van der Waals surface area contributed by atoms with Crippen LogP contribution in [0.5, 0.6) is 0 Å². The van der Waals surface area contributed by atoms with Gasteiger partial charge in [0, 0.05) is 25.5 Å². The van der Waals surface area contributed by atoms with Gasteiger partial charge in [-0.25, -0.2) is 0 Å². The van der Waals surface area contributed by atoms with Gasteiger partial charge in [0.1, 0.15) is 6.29 Å². The Morgan fingerprint density at radius 3 is 2.12 bits per heavy atom. The van der Waals surface area contributed by atoms with Crippen molar-refractivity contribution in [3.8, 4) is 0 Å². The van der Waals surface area contributed by atoms with Gasteiger partial charge in [-0.05, 0) is 0 Å². The average molecular weight is 224 g/mol. The minimum absolute atomic E-state index is 0.0602. The first-order valence-corrected chi connectivity index (χ1v) is 5.05. The van der Waals surface area contributed by atoms with E-state index in [4.69, 9.17) is 14.9 Å². The van der Waals surface area contributed by atoms with E-state index in [1.54, 1.807) is 19.2 Å². The minimum Gasteiger partial charge on any atom is -0.381 e. The monoisotopic (exact) mass is 224 g/mol. The van der Waals surface area contributed by atoms with Crippen LogP contribution in [0.25, 0.3) is 0 Å². The fraction of sp³-hybridized carbons (Fsp3) is 0.417. The van der Waals surface area contributed by atoms with Crippen LogP contribution in [0, 0.1) is 0 Å². The lowest BCUT2D eigenvalue weighted by molar-refractivity contribution is -0.255. The summed E-state index contributed by atoms with van der Waals surface area (Å²) in [4.78, 5) is 10.0. The summed E-state index contributed by atoms with van der Waals surface area (Å²) in [6.45, 7) is 0. The molecule has 0 spiro atoms. The Labute approximate surface area is 94.5 Å². The third-order valence-corrected chi connectivity index (χ3v) is 2.38. The zero-order chi connectivity index (χ0) is 12.0. The van der Waals surface area contributed by atoms with E-state index in [1.165, 1.54) is 0 Å². The summed E-state index contributed by atoms with van der Waals surface area (Å²) >= 11 is 0. The fourth-order valence-corrected chi connectivity index (χ4v) is 1.37. The number of aliphatic hydroxyl groups is 2. The normalized spacial score (nSPS) is 17.9. The summed E-state index contributed by atoms with van der Waals surface area (Å²) < 4.78 is 4.80. The van der Waals surface area contributed by atoms with Gasteiger partial charge in [0.15, 0.2) is 5.79 Å². The number of carbonyl (C=O) groups is 1. The Kier molecular flexibility index (Phi) is 4.61. The number of ether oxygens (including phenoxy) is 1. The lowest BCUT2D eigenvalue weighted by atomic mass is 9.88. The highest BCUT2D eigenvalue weighted by Crippen LogP contribution is 2.30. The molecule has 16 heavy (non-hydrogen) atoms. The summed E-state index contributed by atoms with van der Waals surface area (Å²) in [7, 11) is 1.57. The SMILES string of the molecule is COC1CC(O)(O)C1.O=Cc1ccccc1. The quantitative estimate of drug-likeness (QED) is 0.580. The molecule has 0 bridgehead atoms. The Morgan fingerprint density at radius 2 is 1.88 bits per heavy atom. The number of benzene rings is 1. The van der Waals surface area contributed by atoms with Gasteiger partial charge in [0.05, 0.1) is 6.10 Å². The molecule has 4 nitrogen and oxygen atoms in total. The van der Waals surface area contributed by atoms with Crippen molar-refractivity contribution in [1.29, 1.82) is 0 Å². The predicted octanol–water partition coefficient (Wildman–Crippen LogP) is 0.975. The smallest absolute Gasteiger partial charge is 0.167 e. The molecule has 0 saturated heterocycles. The molecule has 0 aromatic heterocycles. The van der Waals surface area contributed by atoms with Gasteiger partial charge in [-0.1, -0.05) is 30.3 Å². The van der Waals surface area contributed by atoms with Gasteiger partial charge in [-0.3, -0.25) is 4.79 Å². The molecular weight excluding hydrogens is 208 g/mol. The molecule has 0 atom stereocenters. The van der Waals surface area contributed by atoms with Gasteiger partial charge >= 0.3 is 0 Å². The highest BCUT2D eigenvalue weighted by Gasteiger charge is 2.40. The van der Waals surface area contributed by atoms with Gasteiger partial charge in [-0.2, -0.15) is 0 Å². The maximum atomic E-state index is 10.0. The number of rotatable bonds is 2. The van der Waals surface area contributed by atoms with Crippen molar-refractivity contribution in [2.24, 2.45) is 0 Å². The van der Waals surface area contributed by atoms with Crippen LogP contribution < -0.4 is 0 Å². The summed E-state index contributed by atoms with van der Waals surface area (Å²) in [6, 6.07) is 9.10. The first-order chi connectivity index (χ1) is 7.57. The largest absolute Gasteiger partial charge is 0.381 e. The molecule has 0 unspecified atom stereocenters. The molecule has 4 heteroatoms. The molecule has 1 saturated carbocycles. The Morgan fingerprint density at radius 1 is 1.31 bits per heavy atom. The van der Waals surface area contributed by atoms with Gasteiger partial charge in [0.2, 0.25) is 0 Å². The van der Waals surface area contributed by atoms with E-state index in [0.29, 0.717) is 12.8 Å². The van der Waals surface area contributed by atoms with Crippen LogP contribution in [0.1, 0.15) is 23.2 Å². The van der Waals surface area contributed by atoms with E-state index in [0.717, 1.165) is 11.8 Å². The highest BCUT2D eigenvalue weighted by atomic mass is 16.5. The molecule has 88 valence electrons. The molecule has 1 aromatic rings. The molecule has 0 aliphatic heterocycles. The van der Waals surface area contributed by atoms with Crippen molar-refractivity contribution >= 4 is 6.29 Å². The fourth-order valence-electron chi connectivity index (χ4n) is 1.37. The van der Waals surface area contributed by atoms with E-state index < -0.39 is 5.79 Å². The third kappa shape index (κ3) is 4.10. The van der Waals surface area contributed by atoms with Crippen molar-refractivity contribution < 1.29 is 19.7 Å². The predicted molar refractivity (Wildman–Crippen MR) is 59.0 cm³/mol. The average Bonchev–Trinajstić information content (AvgIpc) is 2.27. The van der Waals surface area contributed by atoms with Crippen molar-refractivity contribution in [2.45, 2.75) is 24.7 Å². The number of hydrogen-bond donors (Lipinski definition) is 2. The van der Waals surface area contributed by atoms with E-state index in [-0.39, 0.29) is 6.10 Å². The Balaban J connectivity index is 0.000000160. The summed E-state index contributed by atoms with van der Waals surface area (Å²) in [5.74, 6) is -1.43. The minimum atomic E-state index is -1.43. The zero-order valence-electron chi connectivity index (χ0n) is 9.17. The second-order valence-corrected chi connectivity index (χ2v) is 3.78. The number of carbonyl (C=O) groups excluding carboxylic acids is 1. The number of hydrogen-bond acceptors (Lipinski definition) is 4. The first kappa shape index (κ1) is 12.8. The zero-order valence-corrected chi connectivity index (χ0v) is 9.17. The van der Waals surface area contributed by atoms with E-state index in [9.17, 15) is 4.79 Å². The number of methoxy groups -OCH3 is 1. The van der Waals surface area contributed by atoms with Gasteiger partial charge in [-0.15, -0.1) is 0 Å². The van der Waals surface area contributed by atoms with E-state index in [1.807, 2.05) is 18.2 Å². The second-order valence-electron chi connectivity index (χ2n) is 3.78. The maximum Gasteiger partial charge on any atom is 0.167 e. The van der Waals surface area contributed by atoms with Crippen LogP contribution in [-0.4, -0.2) is 35.5 Å². The first-order valence-electron chi connectivity index (χ1n) is 5.05. The summed E-state index contributed by atoms with van der Waals surface area (Å²) in [6.07, 6.45) is 1.59. The van der Waals surface area contributed by atoms with Crippen LogP contribution in [0.2, 0.25) is 0 Å². The summed E-state index contributed by atoms with van der Waals surface area (Å²) in [5, 5.41) is 17.4. The van der Waals surface area contributed by atoms with Crippen molar-refractivity contribution in [3.63, 3.8) is 0 Å². The molecule has 0 heterocycles. The second kappa shape index (κ2) is 5.75. The topological polar surface area (TPSA) is 66.8 Å². The highest BCUT2D eigenvalue weighted by molar-refractivity contribution is 5.74. The van der Waals surface area contributed by atoms with Crippen molar-refractivity contribution in [2.75, 3.05) is 7.11 Å². The molecule has 2 N–H and O–H groups in total.